The Kier molecular flexibility index (Phi) is 4.94. The lowest BCUT2D eigenvalue weighted by molar-refractivity contribution is -0.121. The van der Waals surface area contributed by atoms with Crippen LogP contribution in [0, 0.1) is 6.92 Å². The first-order valence-electron chi connectivity index (χ1n) is 8.33. The highest BCUT2D eigenvalue weighted by atomic mass is 16.2. The number of rotatable bonds is 5. The summed E-state index contributed by atoms with van der Waals surface area (Å²) in [5, 5.41) is 5.89. The Labute approximate surface area is 142 Å². The van der Waals surface area contributed by atoms with Crippen LogP contribution in [0.25, 0.3) is 0 Å². The fourth-order valence-corrected chi connectivity index (χ4v) is 3.11. The number of amides is 2. The molecule has 24 heavy (non-hydrogen) atoms. The van der Waals surface area contributed by atoms with Crippen molar-refractivity contribution >= 4 is 11.8 Å². The van der Waals surface area contributed by atoms with E-state index in [2.05, 4.69) is 29.7 Å². The SMILES string of the molecule is Cc1cccc(CCC(=O)NCC2CNC(=O)c3ccccc32)c1. The molecule has 4 heteroatoms. The average Bonchev–Trinajstić information content (AvgIpc) is 2.60. The van der Waals surface area contributed by atoms with Gasteiger partial charge in [0, 0.05) is 31.0 Å². The Morgan fingerprint density at radius 1 is 1.21 bits per heavy atom. The number of benzene rings is 2. The second-order valence-electron chi connectivity index (χ2n) is 6.29. The summed E-state index contributed by atoms with van der Waals surface area (Å²) >= 11 is 0. The van der Waals surface area contributed by atoms with Crippen molar-refractivity contribution in [2.24, 2.45) is 0 Å². The monoisotopic (exact) mass is 322 g/mol. The molecule has 0 aromatic heterocycles. The second kappa shape index (κ2) is 7.30. The summed E-state index contributed by atoms with van der Waals surface area (Å²) < 4.78 is 0. The minimum absolute atomic E-state index is 0.0346. The molecule has 0 spiro atoms. The van der Waals surface area contributed by atoms with Gasteiger partial charge in [0.25, 0.3) is 5.91 Å². The van der Waals surface area contributed by atoms with Crippen molar-refractivity contribution in [3.8, 4) is 0 Å². The number of nitrogens with one attached hydrogen (secondary N) is 2. The van der Waals surface area contributed by atoms with Crippen molar-refractivity contribution in [1.29, 1.82) is 0 Å². The standard InChI is InChI=1S/C20H22N2O2/c1-14-5-4-6-15(11-14)9-10-19(23)21-12-16-13-22-20(24)18-8-3-2-7-17(16)18/h2-8,11,16H,9-10,12-13H2,1H3,(H,21,23)(H,22,24). The number of carbonyl (C=O) groups is 2. The number of hydrogen-bond donors (Lipinski definition) is 2. The molecular formula is C20H22N2O2. The molecule has 1 unspecified atom stereocenters. The summed E-state index contributed by atoms with van der Waals surface area (Å²) in [6, 6.07) is 15.8. The molecular weight excluding hydrogens is 300 g/mol. The number of fused-ring (bicyclic) bond motifs is 1. The highest BCUT2D eigenvalue weighted by Gasteiger charge is 2.24. The third kappa shape index (κ3) is 3.82. The van der Waals surface area contributed by atoms with Crippen LogP contribution in [0.15, 0.2) is 48.5 Å². The molecule has 124 valence electrons. The zero-order valence-corrected chi connectivity index (χ0v) is 13.8. The molecule has 3 rings (SSSR count). The van der Waals surface area contributed by atoms with Gasteiger partial charge in [-0.2, -0.15) is 0 Å². The highest BCUT2D eigenvalue weighted by Crippen LogP contribution is 2.23. The van der Waals surface area contributed by atoms with Gasteiger partial charge in [-0.25, -0.2) is 0 Å². The lowest BCUT2D eigenvalue weighted by atomic mass is 9.90. The minimum atomic E-state index is -0.0346. The number of aryl methyl sites for hydroxylation is 2. The molecule has 0 radical (unpaired) electrons. The summed E-state index contributed by atoms with van der Waals surface area (Å²) in [5.41, 5.74) is 4.12. The zero-order chi connectivity index (χ0) is 16.9. The van der Waals surface area contributed by atoms with E-state index < -0.39 is 0 Å². The van der Waals surface area contributed by atoms with E-state index in [1.54, 1.807) is 0 Å². The van der Waals surface area contributed by atoms with Crippen LogP contribution in [0.4, 0.5) is 0 Å². The van der Waals surface area contributed by atoms with Gasteiger partial charge in [0.15, 0.2) is 0 Å². The summed E-state index contributed by atoms with van der Waals surface area (Å²) in [5.74, 6) is 0.139. The fourth-order valence-electron chi connectivity index (χ4n) is 3.11. The van der Waals surface area contributed by atoms with Gasteiger partial charge in [-0.15, -0.1) is 0 Å². The van der Waals surface area contributed by atoms with E-state index >= 15 is 0 Å². The molecule has 0 saturated heterocycles. The predicted molar refractivity (Wildman–Crippen MR) is 94.0 cm³/mol. The van der Waals surface area contributed by atoms with Gasteiger partial charge < -0.3 is 10.6 Å². The molecule has 0 fully saturated rings. The van der Waals surface area contributed by atoms with Crippen LogP contribution >= 0.6 is 0 Å². The van der Waals surface area contributed by atoms with Gasteiger partial charge in [-0.05, 0) is 30.5 Å². The molecule has 1 atom stereocenters. The Balaban J connectivity index is 1.53. The van der Waals surface area contributed by atoms with Crippen molar-refractivity contribution < 1.29 is 9.59 Å². The van der Waals surface area contributed by atoms with Crippen molar-refractivity contribution in [1.82, 2.24) is 10.6 Å². The summed E-state index contributed by atoms with van der Waals surface area (Å²) in [6.45, 7) is 3.16. The molecule has 0 bridgehead atoms. The Morgan fingerprint density at radius 3 is 2.88 bits per heavy atom. The molecule has 1 aliphatic rings. The third-order valence-corrected chi connectivity index (χ3v) is 4.42. The van der Waals surface area contributed by atoms with E-state index in [9.17, 15) is 9.59 Å². The van der Waals surface area contributed by atoms with E-state index in [0.29, 0.717) is 25.1 Å². The summed E-state index contributed by atoms with van der Waals surface area (Å²) in [7, 11) is 0. The first-order valence-corrected chi connectivity index (χ1v) is 8.33. The minimum Gasteiger partial charge on any atom is -0.355 e. The van der Waals surface area contributed by atoms with Crippen LogP contribution in [0.3, 0.4) is 0 Å². The Hall–Kier alpha value is -2.62. The van der Waals surface area contributed by atoms with E-state index in [4.69, 9.17) is 0 Å². The highest BCUT2D eigenvalue weighted by molar-refractivity contribution is 5.97. The molecule has 2 amide bonds. The molecule has 2 N–H and O–H groups in total. The van der Waals surface area contributed by atoms with Crippen LogP contribution in [-0.2, 0) is 11.2 Å². The van der Waals surface area contributed by atoms with Crippen molar-refractivity contribution in [2.45, 2.75) is 25.7 Å². The largest absolute Gasteiger partial charge is 0.355 e. The van der Waals surface area contributed by atoms with E-state index in [0.717, 1.165) is 12.0 Å². The molecule has 0 saturated carbocycles. The normalized spacial score (nSPS) is 16.2. The van der Waals surface area contributed by atoms with Crippen molar-refractivity contribution in [3.63, 3.8) is 0 Å². The van der Waals surface area contributed by atoms with E-state index in [-0.39, 0.29) is 17.7 Å². The molecule has 2 aromatic rings. The smallest absolute Gasteiger partial charge is 0.251 e. The van der Waals surface area contributed by atoms with Gasteiger partial charge in [-0.3, -0.25) is 9.59 Å². The van der Waals surface area contributed by atoms with E-state index in [1.807, 2.05) is 36.4 Å². The first kappa shape index (κ1) is 16.2. The zero-order valence-electron chi connectivity index (χ0n) is 13.8. The predicted octanol–water partition coefficient (Wildman–Crippen LogP) is 2.57. The van der Waals surface area contributed by atoms with Crippen molar-refractivity contribution in [2.75, 3.05) is 13.1 Å². The topological polar surface area (TPSA) is 58.2 Å². The molecule has 4 nitrogen and oxygen atoms in total. The van der Waals surface area contributed by atoms with Crippen LogP contribution < -0.4 is 10.6 Å². The van der Waals surface area contributed by atoms with Gasteiger partial charge in [0.05, 0.1) is 0 Å². The van der Waals surface area contributed by atoms with Gasteiger partial charge in [0.1, 0.15) is 0 Å². The maximum Gasteiger partial charge on any atom is 0.251 e. The summed E-state index contributed by atoms with van der Waals surface area (Å²) in [6.07, 6.45) is 1.22. The Bertz CT molecular complexity index is 755. The lowest BCUT2D eigenvalue weighted by Crippen LogP contribution is -2.40. The molecule has 1 aliphatic heterocycles. The molecule has 0 aliphatic carbocycles. The maximum absolute atomic E-state index is 12.1. The lowest BCUT2D eigenvalue weighted by Gasteiger charge is -2.25. The van der Waals surface area contributed by atoms with Crippen LogP contribution in [0.2, 0.25) is 0 Å². The summed E-state index contributed by atoms with van der Waals surface area (Å²) in [4.78, 5) is 24.0. The van der Waals surface area contributed by atoms with Gasteiger partial charge >= 0.3 is 0 Å². The molecule has 1 heterocycles. The Morgan fingerprint density at radius 2 is 2.04 bits per heavy atom. The molecule has 2 aromatic carbocycles. The van der Waals surface area contributed by atoms with Gasteiger partial charge in [0.2, 0.25) is 5.91 Å². The third-order valence-electron chi connectivity index (χ3n) is 4.42. The average molecular weight is 322 g/mol. The second-order valence-corrected chi connectivity index (χ2v) is 6.29. The quantitative estimate of drug-likeness (QED) is 0.889. The number of hydrogen-bond acceptors (Lipinski definition) is 2. The van der Waals surface area contributed by atoms with E-state index in [1.165, 1.54) is 11.1 Å². The maximum atomic E-state index is 12.1. The van der Waals surface area contributed by atoms with Gasteiger partial charge in [-0.1, -0.05) is 48.0 Å². The number of carbonyl (C=O) groups excluding carboxylic acids is 2. The van der Waals surface area contributed by atoms with Crippen LogP contribution in [0.5, 0.6) is 0 Å². The fraction of sp³-hybridized carbons (Fsp3) is 0.300. The van der Waals surface area contributed by atoms with Crippen LogP contribution in [0.1, 0.15) is 39.4 Å². The first-order chi connectivity index (χ1) is 11.6. The van der Waals surface area contributed by atoms with Crippen molar-refractivity contribution in [3.05, 3.63) is 70.8 Å². The van der Waals surface area contributed by atoms with Crippen LogP contribution in [-0.4, -0.2) is 24.9 Å².